The maximum Gasteiger partial charge on any atom is 0.240 e. The first-order valence-electron chi connectivity index (χ1n) is 7.24. The molecule has 0 bridgehead atoms. The highest BCUT2D eigenvalue weighted by Gasteiger charge is 2.23. The number of nitrogens with two attached hydrogens (primary N) is 1. The van der Waals surface area contributed by atoms with Gasteiger partial charge in [-0.3, -0.25) is 0 Å². The molecule has 2 aromatic rings. The summed E-state index contributed by atoms with van der Waals surface area (Å²) >= 11 is 0. The Hall–Kier alpha value is -2.08. The van der Waals surface area contributed by atoms with Gasteiger partial charge in [-0.2, -0.15) is 4.98 Å². The van der Waals surface area contributed by atoms with E-state index in [0.29, 0.717) is 24.2 Å². The Morgan fingerprint density at radius 1 is 1.29 bits per heavy atom. The number of aromatic nitrogens is 2. The summed E-state index contributed by atoms with van der Waals surface area (Å²) in [5.41, 5.74) is 7.97. The zero-order chi connectivity index (χ0) is 14.8. The van der Waals surface area contributed by atoms with E-state index in [-0.39, 0.29) is 6.54 Å². The van der Waals surface area contributed by atoms with Gasteiger partial charge in [-0.25, -0.2) is 0 Å². The van der Waals surface area contributed by atoms with Crippen molar-refractivity contribution in [3.8, 4) is 0 Å². The van der Waals surface area contributed by atoms with Crippen molar-refractivity contribution in [2.75, 3.05) is 29.9 Å². The van der Waals surface area contributed by atoms with E-state index in [1.807, 2.05) is 0 Å². The first kappa shape index (κ1) is 13.9. The molecule has 1 aromatic heterocycles. The zero-order valence-electron chi connectivity index (χ0n) is 12.5. The number of hydrogen-bond donors (Lipinski definition) is 1. The van der Waals surface area contributed by atoms with Crippen molar-refractivity contribution in [3.63, 3.8) is 0 Å². The second-order valence-electron chi connectivity index (χ2n) is 5.66. The topological polar surface area (TPSA) is 71.4 Å². The first-order chi connectivity index (χ1) is 10.2. The van der Waals surface area contributed by atoms with E-state index >= 15 is 0 Å². The Morgan fingerprint density at radius 3 is 2.76 bits per heavy atom. The summed E-state index contributed by atoms with van der Waals surface area (Å²) in [6, 6.07) is 8.44. The van der Waals surface area contributed by atoms with Crippen LogP contribution in [0.2, 0.25) is 0 Å². The number of para-hydroxylation sites is 2. The summed E-state index contributed by atoms with van der Waals surface area (Å²) in [5.74, 6) is 1.73. The third-order valence-corrected chi connectivity index (χ3v) is 3.77. The number of rotatable bonds is 3. The molecule has 1 aromatic carbocycles. The molecule has 2 heterocycles. The average molecular weight is 287 g/mol. The Kier molecular flexibility index (Phi) is 3.79. The fourth-order valence-electron chi connectivity index (χ4n) is 2.91. The molecular weight excluding hydrogens is 266 g/mol. The summed E-state index contributed by atoms with van der Waals surface area (Å²) in [6.45, 7) is 5.18. The highest BCUT2D eigenvalue weighted by Crippen LogP contribution is 2.33. The lowest BCUT2D eigenvalue weighted by molar-refractivity contribution is 0.374. The Labute approximate surface area is 124 Å². The lowest BCUT2D eigenvalue weighted by Gasteiger charge is -2.25. The monoisotopic (exact) mass is 287 g/mol. The van der Waals surface area contributed by atoms with Crippen LogP contribution in [-0.2, 0) is 13.1 Å². The van der Waals surface area contributed by atoms with Crippen LogP contribution in [0.5, 0.6) is 0 Å². The maximum atomic E-state index is 5.52. The number of fused-ring (bicyclic) bond motifs is 1. The normalized spacial score (nSPS) is 18.5. The van der Waals surface area contributed by atoms with Crippen molar-refractivity contribution in [1.29, 1.82) is 0 Å². The van der Waals surface area contributed by atoms with E-state index in [2.05, 4.69) is 58.2 Å². The number of anilines is 2. The molecule has 0 saturated heterocycles. The lowest BCUT2D eigenvalue weighted by Crippen LogP contribution is -2.29. The maximum absolute atomic E-state index is 5.52. The molecule has 2 N–H and O–H groups in total. The third-order valence-electron chi connectivity index (χ3n) is 3.77. The van der Waals surface area contributed by atoms with Gasteiger partial charge in [0.05, 0.1) is 24.5 Å². The van der Waals surface area contributed by atoms with Gasteiger partial charge in [-0.1, -0.05) is 24.2 Å². The van der Waals surface area contributed by atoms with Gasteiger partial charge in [0, 0.05) is 20.1 Å². The van der Waals surface area contributed by atoms with Crippen molar-refractivity contribution in [2.45, 2.75) is 20.0 Å². The highest BCUT2D eigenvalue weighted by atomic mass is 16.5. The van der Waals surface area contributed by atoms with E-state index in [1.54, 1.807) is 0 Å². The summed E-state index contributed by atoms with van der Waals surface area (Å²) in [4.78, 5) is 8.93. The predicted molar refractivity (Wildman–Crippen MR) is 82.1 cm³/mol. The fraction of sp³-hybridized carbons (Fsp3) is 0.467. The summed E-state index contributed by atoms with van der Waals surface area (Å²) in [5, 5.41) is 4.01. The SMILES string of the molecule is CC1CN(C)c2ccccc2N(Cc2noc(CN)n2)C1. The fourth-order valence-corrected chi connectivity index (χ4v) is 2.91. The van der Waals surface area contributed by atoms with Gasteiger partial charge < -0.3 is 20.1 Å². The van der Waals surface area contributed by atoms with Gasteiger partial charge in [0.15, 0.2) is 5.82 Å². The Balaban J connectivity index is 1.90. The van der Waals surface area contributed by atoms with E-state index < -0.39 is 0 Å². The smallest absolute Gasteiger partial charge is 0.240 e. The van der Waals surface area contributed by atoms with Crippen molar-refractivity contribution >= 4 is 11.4 Å². The summed E-state index contributed by atoms with van der Waals surface area (Å²) in [6.07, 6.45) is 0. The van der Waals surface area contributed by atoms with Gasteiger partial charge in [-0.05, 0) is 18.1 Å². The van der Waals surface area contributed by atoms with E-state index in [0.717, 1.165) is 13.1 Å². The molecule has 1 atom stereocenters. The van der Waals surface area contributed by atoms with Gasteiger partial charge in [0.2, 0.25) is 5.89 Å². The molecular formula is C15H21N5O. The van der Waals surface area contributed by atoms with Gasteiger partial charge >= 0.3 is 0 Å². The van der Waals surface area contributed by atoms with Crippen molar-refractivity contribution in [1.82, 2.24) is 10.1 Å². The quantitative estimate of drug-likeness (QED) is 0.925. The van der Waals surface area contributed by atoms with Gasteiger partial charge in [0.1, 0.15) is 0 Å². The van der Waals surface area contributed by atoms with Crippen LogP contribution in [0.25, 0.3) is 0 Å². The van der Waals surface area contributed by atoms with Crippen LogP contribution in [0.3, 0.4) is 0 Å². The molecule has 0 saturated carbocycles. The second-order valence-corrected chi connectivity index (χ2v) is 5.66. The number of nitrogens with zero attached hydrogens (tertiary/aromatic N) is 4. The van der Waals surface area contributed by atoms with Gasteiger partial charge in [0.25, 0.3) is 0 Å². The highest BCUT2D eigenvalue weighted by molar-refractivity contribution is 5.71. The zero-order valence-corrected chi connectivity index (χ0v) is 12.5. The molecule has 1 unspecified atom stereocenters. The molecule has 6 nitrogen and oxygen atoms in total. The van der Waals surface area contributed by atoms with E-state index in [9.17, 15) is 0 Å². The van der Waals surface area contributed by atoms with Crippen LogP contribution in [-0.4, -0.2) is 30.3 Å². The van der Waals surface area contributed by atoms with Crippen LogP contribution in [0.15, 0.2) is 28.8 Å². The van der Waals surface area contributed by atoms with Crippen LogP contribution < -0.4 is 15.5 Å². The first-order valence-corrected chi connectivity index (χ1v) is 7.24. The molecule has 112 valence electrons. The average Bonchev–Trinajstić information content (AvgIpc) is 2.89. The van der Waals surface area contributed by atoms with Crippen LogP contribution >= 0.6 is 0 Å². The Morgan fingerprint density at radius 2 is 2.05 bits per heavy atom. The van der Waals surface area contributed by atoms with Crippen molar-refractivity contribution in [3.05, 3.63) is 36.0 Å². The van der Waals surface area contributed by atoms with Crippen molar-refractivity contribution < 1.29 is 4.52 Å². The Bertz CT molecular complexity index is 612. The lowest BCUT2D eigenvalue weighted by atomic mass is 10.1. The van der Waals surface area contributed by atoms with E-state index in [4.69, 9.17) is 10.3 Å². The standard InChI is InChI=1S/C15H21N5O/c1-11-8-19(2)12-5-3-4-6-13(12)20(9-11)10-14-17-15(7-16)21-18-14/h3-6,11H,7-10,16H2,1-2H3. The third kappa shape index (κ3) is 2.85. The molecule has 0 amide bonds. The number of benzene rings is 1. The second kappa shape index (κ2) is 5.73. The van der Waals surface area contributed by atoms with Gasteiger partial charge in [-0.15, -0.1) is 0 Å². The molecule has 21 heavy (non-hydrogen) atoms. The largest absolute Gasteiger partial charge is 0.373 e. The number of hydrogen-bond acceptors (Lipinski definition) is 6. The van der Waals surface area contributed by atoms with Crippen LogP contribution in [0.4, 0.5) is 11.4 Å². The summed E-state index contributed by atoms with van der Waals surface area (Å²) < 4.78 is 5.10. The molecule has 1 aliphatic heterocycles. The predicted octanol–water partition coefficient (Wildman–Crippen LogP) is 1.62. The van der Waals surface area contributed by atoms with Crippen LogP contribution in [0.1, 0.15) is 18.6 Å². The van der Waals surface area contributed by atoms with Crippen LogP contribution in [0, 0.1) is 5.92 Å². The molecule has 0 spiro atoms. The molecule has 1 aliphatic rings. The minimum atomic E-state index is 0.280. The minimum Gasteiger partial charge on any atom is -0.373 e. The minimum absolute atomic E-state index is 0.280. The molecule has 0 fully saturated rings. The summed E-state index contributed by atoms with van der Waals surface area (Å²) in [7, 11) is 2.14. The van der Waals surface area contributed by atoms with Crippen molar-refractivity contribution in [2.24, 2.45) is 11.7 Å². The molecule has 6 heteroatoms. The molecule has 0 radical (unpaired) electrons. The van der Waals surface area contributed by atoms with E-state index in [1.165, 1.54) is 11.4 Å². The molecule has 3 rings (SSSR count). The molecule has 0 aliphatic carbocycles.